The lowest BCUT2D eigenvalue weighted by molar-refractivity contribution is 0.239. The Balaban J connectivity index is 1.76. The number of benzene rings is 2. The van der Waals surface area contributed by atoms with Crippen LogP contribution in [0.2, 0.25) is 0 Å². The lowest BCUT2D eigenvalue weighted by atomic mass is 9.94. The minimum Gasteiger partial charge on any atom is -0.494 e. The van der Waals surface area contributed by atoms with E-state index in [-0.39, 0.29) is 6.10 Å². The molecule has 180 valence electrons. The third-order valence-electron chi connectivity index (χ3n) is 6.62. The van der Waals surface area contributed by atoms with Crippen LogP contribution < -0.4 is 14.4 Å². The van der Waals surface area contributed by atoms with E-state index in [0.29, 0.717) is 6.61 Å². The summed E-state index contributed by atoms with van der Waals surface area (Å²) in [6, 6.07) is 15.2. The minimum atomic E-state index is 0.0934. The molecule has 0 radical (unpaired) electrons. The molecule has 4 nitrogen and oxygen atoms in total. The second kappa shape index (κ2) is 10.5. The van der Waals surface area contributed by atoms with Crippen molar-refractivity contribution in [3.05, 3.63) is 70.4 Å². The summed E-state index contributed by atoms with van der Waals surface area (Å²) >= 11 is 0. The zero-order valence-corrected chi connectivity index (χ0v) is 21.6. The lowest BCUT2D eigenvalue weighted by Crippen LogP contribution is -2.22. The fourth-order valence-electron chi connectivity index (χ4n) is 4.96. The highest BCUT2D eigenvalue weighted by Crippen LogP contribution is 2.37. The van der Waals surface area contributed by atoms with Crippen molar-refractivity contribution in [2.24, 2.45) is 0 Å². The van der Waals surface area contributed by atoms with Crippen LogP contribution in [0, 0.1) is 6.92 Å². The van der Waals surface area contributed by atoms with Crippen molar-refractivity contribution < 1.29 is 9.47 Å². The third-order valence-corrected chi connectivity index (χ3v) is 6.62. The normalized spacial score (nSPS) is 12.9. The highest BCUT2D eigenvalue weighted by molar-refractivity contribution is 5.70. The van der Waals surface area contributed by atoms with E-state index >= 15 is 0 Å². The monoisotopic (exact) mass is 458 g/mol. The molecule has 3 aromatic rings. The van der Waals surface area contributed by atoms with E-state index in [4.69, 9.17) is 14.5 Å². The average Bonchev–Trinajstić information content (AvgIpc) is 3.22. The van der Waals surface area contributed by atoms with Crippen molar-refractivity contribution in [2.75, 3.05) is 18.1 Å². The fraction of sp³-hybridized carbons (Fsp3) is 0.433. The maximum Gasteiger partial charge on any atom is 0.128 e. The van der Waals surface area contributed by atoms with Gasteiger partial charge in [0.25, 0.3) is 0 Å². The van der Waals surface area contributed by atoms with Gasteiger partial charge in [-0.15, -0.1) is 0 Å². The number of ether oxygens (including phenoxy) is 2. The number of aromatic nitrogens is 1. The summed E-state index contributed by atoms with van der Waals surface area (Å²) in [4.78, 5) is 7.58. The first-order valence-corrected chi connectivity index (χ1v) is 12.7. The number of anilines is 1. The largest absolute Gasteiger partial charge is 0.494 e. The van der Waals surface area contributed by atoms with Crippen molar-refractivity contribution in [1.29, 1.82) is 0 Å². The van der Waals surface area contributed by atoms with E-state index in [2.05, 4.69) is 82.0 Å². The van der Waals surface area contributed by atoms with Gasteiger partial charge < -0.3 is 14.4 Å². The molecule has 0 spiro atoms. The summed E-state index contributed by atoms with van der Waals surface area (Å²) in [5.41, 5.74) is 9.80. The summed E-state index contributed by atoms with van der Waals surface area (Å²) in [7, 11) is 0. The Hall–Kier alpha value is -3.01. The highest BCUT2D eigenvalue weighted by atomic mass is 16.5. The van der Waals surface area contributed by atoms with E-state index in [1.807, 2.05) is 6.92 Å². The number of hydrogen-bond acceptors (Lipinski definition) is 4. The molecule has 0 N–H and O–H groups in total. The van der Waals surface area contributed by atoms with E-state index in [1.165, 1.54) is 33.5 Å². The summed E-state index contributed by atoms with van der Waals surface area (Å²) in [6.07, 6.45) is 3.12. The molecule has 34 heavy (non-hydrogen) atoms. The van der Waals surface area contributed by atoms with Gasteiger partial charge in [0.15, 0.2) is 0 Å². The molecule has 0 fully saturated rings. The van der Waals surface area contributed by atoms with Crippen LogP contribution in [0.4, 0.5) is 5.69 Å². The standard InChI is InChI=1S/C30H38N2O2/c1-7-22-11-10-12-23(8-2)30(22)27-18-29(34-20(4)5)26(21(6)31-27)19-32-16-15-24-13-14-25(33-9-3)17-28(24)32/h10-14,17-18,20H,7-9,15-16,19H2,1-6H3. The Morgan fingerprint density at radius 3 is 2.38 bits per heavy atom. The van der Waals surface area contributed by atoms with Gasteiger partial charge in [-0.1, -0.05) is 38.1 Å². The van der Waals surface area contributed by atoms with Gasteiger partial charge in [-0.25, -0.2) is 0 Å². The molecule has 1 aliphatic rings. The summed E-state index contributed by atoms with van der Waals surface area (Å²) < 4.78 is 12.2. The summed E-state index contributed by atoms with van der Waals surface area (Å²) in [6.45, 7) is 15.2. The molecule has 2 heterocycles. The first-order valence-electron chi connectivity index (χ1n) is 12.7. The molecule has 1 aromatic heterocycles. The molecule has 0 saturated carbocycles. The SMILES string of the molecule is CCOc1ccc2c(c1)N(Cc1c(OC(C)C)cc(-c3c(CC)cccc3CC)nc1C)CC2. The molecule has 0 amide bonds. The van der Waals surface area contributed by atoms with Gasteiger partial charge in [0.1, 0.15) is 11.5 Å². The Morgan fingerprint density at radius 1 is 1.00 bits per heavy atom. The molecule has 4 rings (SSSR count). The van der Waals surface area contributed by atoms with Crippen molar-refractivity contribution in [3.8, 4) is 22.8 Å². The van der Waals surface area contributed by atoms with E-state index < -0.39 is 0 Å². The summed E-state index contributed by atoms with van der Waals surface area (Å²) in [5.74, 6) is 1.88. The number of fused-ring (bicyclic) bond motifs is 1. The molecular formula is C30H38N2O2. The molecular weight excluding hydrogens is 420 g/mol. The van der Waals surface area contributed by atoms with Crippen LogP contribution in [-0.2, 0) is 25.8 Å². The van der Waals surface area contributed by atoms with E-state index in [1.54, 1.807) is 0 Å². The van der Waals surface area contributed by atoms with Crippen LogP contribution in [0.1, 0.15) is 62.6 Å². The first kappa shape index (κ1) is 24.1. The Labute approximate surface area is 204 Å². The van der Waals surface area contributed by atoms with Gasteiger partial charge in [0.2, 0.25) is 0 Å². The maximum absolute atomic E-state index is 6.40. The van der Waals surface area contributed by atoms with Gasteiger partial charge in [-0.05, 0) is 69.7 Å². The molecule has 1 aliphatic heterocycles. The van der Waals surface area contributed by atoms with Gasteiger partial charge in [0, 0.05) is 47.7 Å². The van der Waals surface area contributed by atoms with Crippen molar-refractivity contribution in [1.82, 2.24) is 4.98 Å². The van der Waals surface area contributed by atoms with Crippen molar-refractivity contribution >= 4 is 5.69 Å². The van der Waals surface area contributed by atoms with Gasteiger partial charge in [0.05, 0.1) is 18.4 Å². The topological polar surface area (TPSA) is 34.6 Å². The predicted molar refractivity (Wildman–Crippen MR) is 141 cm³/mol. The van der Waals surface area contributed by atoms with Crippen LogP contribution in [0.3, 0.4) is 0 Å². The van der Waals surface area contributed by atoms with Crippen LogP contribution >= 0.6 is 0 Å². The smallest absolute Gasteiger partial charge is 0.128 e. The Kier molecular flexibility index (Phi) is 7.45. The van der Waals surface area contributed by atoms with Crippen molar-refractivity contribution in [2.45, 2.75) is 73.5 Å². The van der Waals surface area contributed by atoms with Crippen LogP contribution in [0.25, 0.3) is 11.3 Å². The fourth-order valence-corrected chi connectivity index (χ4v) is 4.96. The maximum atomic E-state index is 6.40. The molecule has 4 heteroatoms. The zero-order valence-electron chi connectivity index (χ0n) is 21.6. The third kappa shape index (κ3) is 4.91. The highest BCUT2D eigenvalue weighted by Gasteiger charge is 2.24. The first-order chi connectivity index (χ1) is 16.4. The number of pyridine rings is 1. The zero-order chi connectivity index (χ0) is 24.2. The Morgan fingerprint density at radius 2 is 1.74 bits per heavy atom. The molecule has 2 aromatic carbocycles. The van der Waals surface area contributed by atoms with Crippen LogP contribution in [0.15, 0.2) is 42.5 Å². The van der Waals surface area contributed by atoms with Gasteiger partial charge >= 0.3 is 0 Å². The second-order valence-corrected chi connectivity index (χ2v) is 9.29. The number of aryl methyl sites for hydroxylation is 3. The molecule has 0 saturated heterocycles. The predicted octanol–water partition coefficient (Wildman–Crippen LogP) is 6.93. The quantitative estimate of drug-likeness (QED) is 0.348. The van der Waals surface area contributed by atoms with Gasteiger partial charge in [-0.3, -0.25) is 4.98 Å². The molecule has 0 bridgehead atoms. The molecule has 0 unspecified atom stereocenters. The van der Waals surface area contributed by atoms with Gasteiger partial charge in [-0.2, -0.15) is 0 Å². The molecule has 0 atom stereocenters. The lowest BCUT2D eigenvalue weighted by Gasteiger charge is -2.25. The number of rotatable bonds is 9. The van der Waals surface area contributed by atoms with Crippen molar-refractivity contribution in [3.63, 3.8) is 0 Å². The van der Waals surface area contributed by atoms with E-state index in [0.717, 1.165) is 55.2 Å². The van der Waals surface area contributed by atoms with Crippen LogP contribution in [0.5, 0.6) is 11.5 Å². The average molecular weight is 459 g/mol. The number of nitrogens with zero attached hydrogens (tertiary/aromatic N) is 2. The van der Waals surface area contributed by atoms with Crippen LogP contribution in [-0.4, -0.2) is 24.2 Å². The summed E-state index contributed by atoms with van der Waals surface area (Å²) in [5, 5.41) is 0. The Bertz CT molecular complexity index is 1130. The molecule has 0 aliphatic carbocycles. The van der Waals surface area contributed by atoms with E-state index in [9.17, 15) is 0 Å². The second-order valence-electron chi connectivity index (χ2n) is 9.29. The minimum absolute atomic E-state index is 0.0934. The number of hydrogen-bond donors (Lipinski definition) is 0.